The summed E-state index contributed by atoms with van der Waals surface area (Å²) < 4.78 is 0. The van der Waals surface area contributed by atoms with E-state index in [4.69, 9.17) is 28.9 Å². The molecule has 0 aliphatic carbocycles. The van der Waals surface area contributed by atoms with Crippen molar-refractivity contribution in [2.75, 3.05) is 12.3 Å². The average molecular weight is 334 g/mol. The number of nitrogens with zero attached hydrogens (tertiary/aromatic N) is 2. The highest BCUT2D eigenvalue weighted by Crippen LogP contribution is 2.29. The number of carbonyl (C=O) groups is 1. The van der Waals surface area contributed by atoms with Gasteiger partial charge in [-0.15, -0.1) is 0 Å². The monoisotopic (exact) mass is 333 g/mol. The van der Waals surface area contributed by atoms with Gasteiger partial charge in [0, 0.05) is 23.2 Å². The topological polar surface area (TPSA) is 58.7 Å². The Balaban J connectivity index is 1.89. The van der Waals surface area contributed by atoms with Crippen molar-refractivity contribution in [3.05, 3.63) is 63.6 Å². The summed E-state index contributed by atoms with van der Waals surface area (Å²) >= 11 is 12.0. The molecule has 0 unspecified atom stereocenters. The third-order valence-electron chi connectivity index (χ3n) is 3.46. The van der Waals surface area contributed by atoms with Crippen LogP contribution in [-0.2, 0) is 0 Å². The lowest BCUT2D eigenvalue weighted by Crippen LogP contribution is -2.23. The Morgan fingerprint density at radius 3 is 2.55 bits per heavy atom. The fourth-order valence-electron chi connectivity index (χ4n) is 2.33. The lowest BCUT2D eigenvalue weighted by molar-refractivity contribution is 0.0778. The molecule has 0 aromatic heterocycles. The van der Waals surface area contributed by atoms with Crippen molar-refractivity contribution in [3.63, 3.8) is 0 Å². The minimum absolute atomic E-state index is 0.130. The number of anilines is 1. The summed E-state index contributed by atoms with van der Waals surface area (Å²) in [6.45, 7) is 0.517. The van der Waals surface area contributed by atoms with Crippen molar-refractivity contribution in [2.24, 2.45) is 5.10 Å². The number of nitrogen functional groups attached to an aromatic ring is 1. The minimum Gasteiger partial charge on any atom is -0.398 e. The van der Waals surface area contributed by atoms with E-state index < -0.39 is 0 Å². The van der Waals surface area contributed by atoms with Crippen LogP contribution in [0.3, 0.4) is 0 Å². The summed E-state index contributed by atoms with van der Waals surface area (Å²) in [5.41, 5.74) is 8.54. The number of nitrogens with two attached hydrogens (primary N) is 1. The van der Waals surface area contributed by atoms with Gasteiger partial charge in [0.2, 0.25) is 0 Å². The van der Waals surface area contributed by atoms with Gasteiger partial charge >= 0.3 is 0 Å². The maximum absolute atomic E-state index is 12.4. The van der Waals surface area contributed by atoms with Crippen LogP contribution < -0.4 is 5.73 Å². The highest BCUT2D eigenvalue weighted by Gasteiger charge is 2.24. The van der Waals surface area contributed by atoms with Crippen LogP contribution in [0, 0.1) is 0 Å². The van der Waals surface area contributed by atoms with Crippen LogP contribution in [0.5, 0.6) is 0 Å². The number of hydrazone groups is 1. The van der Waals surface area contributed by atoms with E-state index in [1.807, 2.05) is 18.2 Å². The fourth-order valence-corrected chi connectivity index (χ4v) is 2.67. The molecule has 112 valence electrons. The molecule has 0 spiro atoms. The van der Waals surface area contributed by atoms with Crippen LogP contribution in [0.1, 0.15) is 22.3 Å². The van der Waals surface area contributed by atoms with E-state index >= 15 is 0 Å². The van der Waals surface area contributed by atoms with Gasteiger partial charge in [0.15, 0.2) is 0 Å². The van der Waals surface area contributed by atoms with E-state index in [2.05, 4.69) is 5.10 Å². The van der Waals surface area contributed by atoms with Crippen molar-refractivity contribution >= 4 is 40.5 Å². The molecular formula is C16H13Cl2N3O. The van der Waals surface area contributed by atoms with E-state index in [-0.39, 0.29) is 5.91 Å². The Labute approximate surface area is 138 Å². The normalized spacial score (nSPS) is 14.1. The zero-order valence-electron chi connectivity index (χ0n) is 11.6. The number of rotatable bonds is 2. The smallest absolute Gasteiger partial charge is 0.273 e. The molecule has 2 aromatic carbocycles. The maximum atomic E-state index is 12.4. The van der Waals surface area contributed by atoms with Gasteiger partial charge in [0.1, 0.15) is 0 Å². The summed E-state index contributed by atoms with van der Waals surface area (Å²) in [7, 11) is 0. The summed E-state index contributed by atoms with van der Waals surface area (Å²) in [5.74, 6) is -0.130. The molecule has 4 nitrogen and oxygen atoms in total. The number of carbonyl (C=O) groups excluding carboxylic acids is 1. The molecule has 0 bridgehead atoms. The van der Waals surface area contributed by atoms with Gasteiger partial charge in [-0.05, 0) is 24.3 Å². The predicted molar refractivity (Wildman–Crippen MR) is 89.5 cm³/mol. The second kappa shape index (κ2) is 5.99. The summed E-state index contributed by atoms with van der Waals surface area (Å²) in [6.07, 6.45) is 0.626. The molecule has 2 aromatic rings. The highest BCUT2D eigenvalue weighted by atomic mass is 35.5. The van der Waals surface area contributed by atoms with Gasteiger partial charge in [-0.1, -0.05) is 41.4 Å². The predicted octanol–water partition coefficient (Wildman–Crippen LogP) is 3.83. The molecule has 22 heavy (non-hydrogen) atoms. The number of halogens is 2. The maximum Gasteiger partial charge on any atom is 0.273 e. The molecule has 1 heterocycles. The third kappa shape index (κ3) is 2.80. The molecule has 1 amide bonds. The van der Waals surface area contributed by atoms with Crippen molar-refractivity contribution in [1.82, 2.24) is 5.01 Å². The molecular weight excluding hydrogens is 321 g/mol. The molecule has 0 radical (unpaired) electrons. The first-order chi connectivity index (χ1) is 10.6. The van der Waals surface area contributed by atoms with Crippen LogP contribution in [0.15, 0.2) is 47.6 Å². The van der Waals surface area contributed by atoms with Gasteiger partial charge in [-0.25, -0.2) is 5.01 Å². The van der Waals surface area contributed by atoms with Crippen LogP contribution in [0.25, 0.3) is 0 Å². The Bertz CT molecular complexity index is 759. The molecule has 0 fully saturated rings. The van der Waals surface area contributed by atoms with Crippen molar-refractivity contribution in [1.29, 1.82) is 0 Å². The van der Waals surface area contributed by atoms with Gasteiger partial charge in [-0.2, -0.15) is 5.10 Å². The fraction of sp³-hybridized carbons (Fsp3) is 0.125. The second-order valence-corrected chi connectivity index (χ2v) is 5.76. The molecule has 6 heteroatoms. The van der Waals surface area contributed by atoms with E-state index in [9.17, 15) is 4.79 Å². The standard InChI is InChI=1S/C16H13Cl2N3O/c17-12-8-11(14(19)9-13(12)18)15-6-7-21(20-15)16(22)10-4-2-1-3-5-10/h1-5,8-9H,6-7,19H2. The zero-order valence-corrected chi connectivity index (χ0v) is 13.1. The Kier molecular flexibility index (Phi) is 4.05. The first kappa shape index (κ1) is 14.9. The van der Waals surface area contributed by atoms with Crippen molar-refractivity contribution in [2.45, 2.75) is 6.42 Å². The largest absolute Gasteiger partial charge is 0.398 e. The molecule has 0 atom stereocenters. The first-order valence-corrected chi connectivity index (χ1v) is 7.51. The van der Waals surface area contributed by atoms with E-state index in [0.717, 1.165) is 11.3 Å². The average Bonchev–Trinajstić information content (AvgIpc) is 3.00. The van der Waals surface area contributed by atoms with Crippen LogP contribution in [0.2, 0.25) is 10.0 Å². The number of benzene rings is 2. The van der Waals surface area contributed by atoms with Crippen molar-refractivity contribution < 1.29 is 4.79 Å². The molecule has 2 N–H and O–H groups in total. The molecule has 0 saturated heterocycles. The lowest BCUT2D eigenvalue weighted by Gasteiger charge is -2.11. The summed E-state index contributed by atoms with van der Waals surface area (Å²) in [5, 5.41) is 6.66. The third-order valence-corrected chi connectivity index (χ3v) is 4.18. The Hall–Kier alpha value is -2.04. The van der Waals surface area contributed by atoms with Gasteiger partial charge in [0.25, 0.3) is 5.91 Å². The Morgan fingerprint density at radius 2 is 1.82 bits per heavy atom. The molecule has 1 aliphatic heterocycles. The quantitative estimate of drug-likeness (QED) is 0.849. The van der Waals surface area contributed by atoms with Gasteiger partial charge in [-0.3, -0.25) is 4.79 Å². The SMILES string of the molecule is Nc1cc(Cl)c(Cl)cc1C1=NN(C(=O)c2ccccc2)CC1. The second-order valence-electron chi connectivity index (χ2n) is 4.94. The van der Waals surface area contributed by atoms with E-state index in [0.29, 0.717) is 34.3 Å². The minimum atomic E-state index is -0.130. The molecule has 3 rings (SSSR count). The Morgan fingerprint density at radius 1 is 1.14 bits per heavy atom. The first-order valence-electron chi connectivity index (χ1n) is 6.75. The summed E-state index contributed by atoms with van der Waals surface area (Å²) in [4.78, 5) is 12.4. The summed E-state index contributed by atoms with van der Waals surface area (Å²) in [6, 6.07) is 12.3. The van der Waals surface area contributed by atoms with Gasteiger partial charge in [0.05, 0.1) is 22.3 Å². The molecule has 0 saturated carbocycles. The van der Waals surface area contributed by atoms with Gasteiger partial charge < -0.3 is 5.73 Å². The number of hydrogen-bond acceptors (Lipinski definition) is 3. The van der Waals surface area contributed by atoms with Crippen LogP contribution in [0.4, 0.5) is 5.69 Å². The van der Waals surface area contributed by atoms with Crippen LogP contribution in [-0.4, -0.2) is 23.2 Å². The van der Waals surface area contributed by atoms with Crippen LogP contribution >= 0.6 is 23.2 Å². The number of amides is 1. The number of hydrogen-bond donors (Lipinski definition) is 1. The van der Waals surface area contributed by atoms with Crippen molar-refractivity contribution in [3.8, 4) is 0 Å². The molecule has 1 aliphatic rings. The van der Waals surface area contributed by atoms with E-state index in [1.54, 1.807) is 24.3 Å². The highest BCUT2D eigenvalue weighted by molar-refractivity contribution is 6.42. The van der Waals surface area contributed by atoms with E-state index in [1.165, 1.54) is 5.01 Å². The lowest BCUT2D eigenvalue weighted by atomic mass is 10.1. The zero-order chi connectivity index (χ0) is 15.7.